The molecule has 0 saturated carbocycles. The fourth-order valence-electron chi connectivity index (χ4n) is 1.36. The number of benzene rings is 1. The number of nitrogen functional groups attached to an aromatic ring is 1. The standard InChI is InChI=1S/C12H9Br2N3O/c13-8-4-3-7(6-10(8)15)17-12(18)11-9(14)2-1-5-16-11/h1-6H,15H2,(H,17,18). The maximum Gasteiger partial charge on any atom is 0.275 e. The number of rotatable bonds is 2. The number of nitrogens with one attached hydrogen (secondary N) is 1. The molecule has 18 heavy (non-hydrogen) atoms. The van der Waals surface area contributed by atoms with Gasteiger partial charge in [-0.2, -0.15) is 0 Å². The minimum absolute atomic E-state index is 0.288. The van der Waals surface area contributed by atoms with E-state index >= 15 is 0 Å². The molecule has 0 atom stereocenters. The molecule has 0 spiro atoms. The molecule has 0 aliphatic carbocycles. The van der Waals surface area contributed by atoms with E-state index in [2.05, 4.69) is 42.2 Å². The maximum absolute atomic E-state index is 12.0. The Bertz CT molecular complexity index is 602. The number of pyridine rings is 1. The van der Waals surface area contributed by atoms with E-state index in [0.29, 0.717) is 21.5 Å². The van der Waals surface area contributed by atoms with Gasteiger partial charge in [0.2, 0.25) is 0 Å². The van der Waals surface area contributed by atoms with Crippen molar-refractivity contribution in [1.29, 1.82) is 0 Å². The van der Waals surface area contributed by atoms with Gasteiger partial charge in [-0.3, -0.25) is 4.79 Å². The molecular formula is C12H9Br2N3O. The van der Waals surface area contributed by atoms with Gasteiger partial charge < -0.3 is 11.1 Å². The van der Waals surface area contributed by atoms with Crippen molar-refractivity contribution >= 4 is 49.1 Å². The molecule has 4 nitrogen and oxygen atoms in total. The Morgan fingerprint density at radius 1 is 1.22 bits per heavy atom. The second-order valence-electron chi connectivity index (χ2n) is 3.52. The predicted molar refractivity (Wildman–Crippen MR) is 78.4 cm³/mol. The molecule has 0 fully saturated rings. The Hall–Kier alpha value is -1.40. The van der Waals surface area contributed by atoms with Gasteiger partial charge in [0, 0.05) is 26.5 Å². The van der Waals surface area contributed by atoms with Crippen LogP contribution >= 0.6 is 31.9 Å². The lowest BCUT2D eigenvalue weighted by Gasteiger charge is -2.07. The minimum atomic E-state index is -0.288. The quantitative estimate of drug-likeness (QED) is 0.795. The fourth-order valence-corrected chi connectivity index (χ4v) is 2.05. The summed E-state index contributed by atoms with van der Waals surface area (Å²) in [4.78, 5) is 16.0. The molecule has 0 saturated heterocycles. The summed E-state index contributed by atoms with van der Waals surface area (Å²) >= 11 is 6.58. The molecule has 1 aromatic heterocycles. The summed E-state index contributed by atoms with van der Waals surface area (Å²) in [6.45, 7) is 0. The van der Waals surface area contributed by atoms with Gasteiger partial charge in [-0.1, -0.05) is 0 Å². The Morgan fingerprint density at radius 2 is 2.00 bits per heavy atom. The van der Waals surface area contributed by atoms with Gasteiger partial charge in [-0.25, -0.2) is 4.98 Å². The van der Waals surface area contributed by atoms with Gasteiger partial charge in [-0.15, -0.1) is 0 Å². The van der Waals surface area contributed by atoms with Crippen LogP contribution in [0.3, 0.4) is 0 Å². The number of carbonyl (C=O) groups is 1. The normalized spacial score (nSPS) is 10.1. The third kappa shape index (κ3) is 2.88. The first kappa shape index (κ1) is 13.0. The second kappa shape index (κ2) is 5.49. The molecule has 0 aliphatic heterocycles. The van der Waals surface area contributed by atoms with E-state index in [1.165, 1.54) is 0 Å². The molecule has 0 bridgehead atoms. The van der Waals surface area contributed by atoms with E-state index in [-0.39, 0.29) is 5.91 Å². The van der Waals surface area contributed by atoms with Crippen LogP contribution in [-0.2, 0) is 0 Å². The van der Waals surface area contributed by atoms with Gasteiger partial charge in [0.1, 0.15) is 5.69 Å². The van der Waals surface area contributed by atoms with Crippen molar-refractivity contribution in [3.63, 3.8) is 0 Å². The van der Waals surface area contributed by atoms with Crippen LogP contribution in [0.5, 0.6) is 0 Å². The number of hydrogen-bond donors (Lipinski definition) is 2. The van der Waals surface area contributed by atoms with Gasteiger partial charge in [0.05, 0.1) is 0 Å². The summed E-state index contributed by atoms with van der Waals surface area (Å²) in [5.41, 5.74) is 7.26. The number of nitrogens with zero attached hydrogens (tertiary/aromatic N) is 1. The van der Waals surface area contributed by atoms with Crippen LogP contribution in [0.4, 0.5) is 11.4 Å². The van der Waals surface area contributed by atoms with E-state index in [0.717, 1.165) is 4.47 Å². The molecule has 6 heteroatoms. The highest BCUT2D eigenvalue weighted by molar-refractivity contribution is 9.11. The van der Waals surface area contributed by atoms with Gasteiger partial charge in [-0.05, 0) is 62.2 Å². The molecule has 1 aromatic carbocycles. The van der Waals surface area contributed by atoms with Crippen LogP contribution in [0.1, 0.15) is 10.5 Å². The third-order valence-corrected chi connectivity index (χ3v) is 3.59. The molecule has 3 N–H and O–H groups in total. The highest BCUT2D eigenvalue weighted by Crippen LogP contribution is 2.23. The number of hydrogen-bond acceptors (Lipinski definition) is 3. The van der Waals surface area contributed by atoms with E-state index in [4.69, 9.17) is 5.73 Å². The first-order valence-corrected chi connectivity index (χ1v) is 6.63. The molecule has 92 valence electrons. The van der Waals surface area contributed by atoms with Gasteiger partial charge in [0.15, 0.2) is 0 Å². The topological polar surface area (TPSA) is 68.0 Å². The second-order valence-corrected chi connectivity index (χ2v) is 5.23. The predicted octanol–water partition coefficient (Wildman–Crippen LogP) is 3.44. The van der Waals surface area contributed by atoms with E-state index in [1.807, 2.05) is 0 Å². The molecule has 1 heterocycles. The van der Waals surface area contributed by atoms with Crippen molar-refractivity contribution in [2.45, 2.75) is 0 Å². The lowest BCUT2D eigenvalue weighted by atomic mass is 10.2. The van der Waals surface area contributed by atoms with Crippen LogP contribution < -0.4 is 11.1 Å². The molecule has 1 amide bonds. The zero-order valence-electron chi connectivity index (χ0n) is 9.15. The molecule has 2 aromatic rings. The number of aromatic nitrogens is 1. The fraction of sp³-hybridized carbons (Fsp3) is 0. The molecule has 0 aliphatic rings. The SMILES string of the molecule is Nc1cc(NC(=O)c2ncccc2Br)ccc1Br. The van der Waals surface area contributed by atoms with Crippen LogP contribution in [-0.4, -0.2) is 10.9 Å². The van der Waals surface area contributed by atoms with Crippen LogP contribution in [0, 0.1) is 0 Å². The number of nitrogens with two attached hydrogens (primary N) is 1. The zero-order valence-corrected chi connectivity index (χ0v) is 12.3. The Balaban J connectivity index is 2.22. The van der Waals surface area contributed by atoms with Crippen LogP contribution in [0.15, 0.2) is 45.5 Å². The average Bonchev–Trinajstić information content (AvgIpc) is 2.34. The molecule has 2 rings (SSSR count). The number of amides is 1. The summed E-state index contributed by atoms with van der Waals surface area (Å²) in [6, 6.07) is 8.72. The Morgan fingerprint density at radius 3 is 2.67 bits per heavy atom. The van der Waals surface area contributed by atoms with E-state index < -0.39 is 0 Å². The number of carbonyl (C=O) groups excluding carboxylic acids is 1. The van der Waals surface area contributed by atoms with Crippen molar-refractivity contribution in [3.8, 4) is 0 Å². The lowest BCUT2D eigenvalue weighted by molar-refractivity contribution is 0.102. The monoisotopic (exact) mass is 369 g/mol. The van der Waals surface area contributed by atoms with Gasteiger partial charge >= 0.3 is 0 Å². The molecular weight excluding hydrogens is 362 g/mol. The first-order valence-electron chi connectivity index (χ1n) is 5.05. The molecule has 0 radical (unpaired) electrons. The van der Waals surface area contributed by atoms with Crippen molar-refractivity contribution in [1.82, 2.24) is 4.98 Å². The highest BCUT2D eigenvalue weighted by atomic mass is 79.9. The summed E-state index contributed by atoms with van der Waals surface area (Å²) < 4.78 is 1.44. The first-order chi connectivity index (χ1) is 8.58. The summed E-state index contributed by atoms with van der Waals surface area (Å²) in [7, 11) is 0. The van der Waals surface area contributed by atoms with Crippen molar-refractivity contribution in [2.75, 3.05) is 11.1 Å². The van der Waals surface area contributed by atoms with Crippen LogP contribution in [0.25, 0.3) is 0 Å². The van der Waals surface area contributed by atoms with Crippen LogP contribution in [0.2, 0.25) is 0 Å². The van der Waals surface area contributed by atoms with Crippen molar-refractivity contribution in [2.24, 2.45) is 0 Å². The maximum atomic E-state index is 12.0. The highest BCUT2D eigenvalue weighted by Gasteiger charge is 2.11. The smallest absolute Gasteiger partial charge is 0.275 e. The Labute approximate surface area is 121 Å². The lowest BCUT2D eigenvalue weighted by Crippen LogP contribution is -2.14. The summed E-state index contributed by atoms with van der Waals surface area (Å²) in [5.74, 6) is -0.288. The van der Waals surface area contributed by atoms with E-state index in [1.54, 1.807) is 36.5 Å². The van der Waals surface area contributed by atoms with E-state index in [9.17, 15) is 4.79 Å². The Kier molecular flexibility index (Phi) is 3.98. The minimum Gasteiger partial charge on any atom is -0.398 e. The third-order valence-electron chi connectivity index (χ3n) is 2.23. The largest absolute Gasteiger partial charge is 0.398 e. The zero-order chi connectivity index (χ0) is 13.1. The number of anilines is 2. The number of halogens is 2. The summed E-state index contributed by atoms with van der Waals surface area (Å²) in [6.07, 6.45) is 1.57. The van der Waals surface area contributed by atoms with Gasteiger partial charge in [0.25, 0.3) is 5.91 Å². The molecule has 0 unspecified atom stereocenters. The van der Waals surface area contributed by atoms with Crippen molar-refractivity contribution < 1.29 is 4.79 Å². The average molecular weight is 371 g/mol. The summed E-state index contributed by atoms with van der Waals surface area (Å²) in [5, 5.41) is 2.73. The van der Waals surface area contributed by atoms with Crippen molar-refractivity contribution in [3.05, 3.63) is 51.2 Å².